The molecule has 9 nitrogen and oxygen atoms in total. The van der Waals surface area contributed by atoms with E-state index in [1.54, 1.807) is 42.8 Å². The average molecular weight is 343 g/mol. The van der Waals surface area contributed by atoms with Gasteiger partial charge in [-0.2, -0.15) is 14.4 Å². The minimum Gasteiger partial charge on any atom is -0.433 e. The summed E-state index contributed by atoms with van der Waals surface area (Å²) in [4.78, 5) is 19.5. The maximum Gasteiger partial charge on any atom is 0.393 e. The summed E-state index contributed by atoms with van der Waals surface area (Å²) < 4.78 is 11.9. The molecule has 0 atom stereocenters. The van der Waals surface area contributed by atoms with Crippen molar-refractivity contribution in [3.8, 4) is 23.0 Å². The van der Waals surface area contributed by atoms with Gasteiger partial charge in [0.25, 0.3) is 4.96 Å². The van der Waals surface area contributed by atoms with Gasteiger partial charge in [0.1, 0.15) is 11.9 Å². The van der Waals surface area contributed by atoms with Crippen LogP contribution in [-0.2, 0) is 0 Å². The van der Waals surface area contributed by atoms with Crippen LogP contribution >= 0.6 is 11.3 Å². The van der Waals surface area contributed by atoms with E-state index in [0.717, 1.165) is 5.56 Å². The monoisotopic (exact) mass is 343 g/mol. The van der Waals surface area contributed by atoms with Crippen molar-refractivity contribution in [3.63, 3.8) is 0 Å². The maximum absolute atomic E-state index is 11.3. The fourth-order valence-electron chi connectivity index (χ4n) is 2.19. The van der Waals surface area contributed by atoms with Crippen molar-refractivity contribution in [3.05, 3.63) is 51.8 Å². The average Bonchev–Trinajstić information content (AvgIpc) is 3.23. The molecule has 0 fully saturated rings. The third kappa shape index (κ3) is 2.38. The second-order valence-corrected chi connectivity index (χ2v) is 5.69. The molecule has 3 aromatic heterocycles. The summed E-state index contributed by atoms with van der Waals surface area (Å²) >= 11 is 1.29. The molecule has 10 heteroatoms. The van der Waals surface area contributed by atoms with E-state index in [9.17, 15) is 10.1 Å². The van der Waals surface area contributed by atoms with Crippen LogP contribution in [0.1, 0.15) is 5.89 Å². The highest BCUT2D eigenvalue weighted by molar-refractivity contribution is 7.15. The molecule has 1 aromatic carbocycles. The SMILES string of the molecule is Cc1nc(-c2ccc(Oc3nc4sccn4c3[N+](=O)[O-])cc2)no1. The van der Waals surface area contributed by atoms with Crippen LogP contribution in [0.2, 0.25) is 0 Å². The van der Waals surface area contributed by atoms with E-state index >= 15 is 0 Å². The molecule has 0 bridgehead atoms. The number of ether oxygens (including phenoxy) is 1. The lowest BCUT2D eigenvalue weighted by Gasteiger charge is -2.03. The maximum atomic E-state index is 11.3. The van der Waals surface area contributed by atoms with E-state index in [0.29, 0.717) is 22.4 Å². The number of nitro groups is 1. The summed E-state index contributed by atoms with van der Waals surface area (Å²) in [5.41, 5.74) is 0.750. The zero-order valence-corrected chi connectivity index (χ0v) is 13.1. The fourth-order valence-corrected chi connectivity index (χ4v) is 2.89. The van der Waals surface area contributed by atoms with Gasteiger partial charge in [-0.3, -0.25) is 0 Å². The van der Waals surface area contributed by atoms with Crippen molar-refractivity contribution in [2.24, 2.45) is 0 Å². The summed E-state index contributed by atoms with van der Waals surface area (Å²) in [7, 11) is 0. The van der Waals surface area contributed by atoms with Gasteiger partial charge in [0.2, 0.25) is 11.7 Å². The standard InChI is InChI=1S/C14H9N5O4S/c1-8-15-11(17-23-8)9-2-4-10(5-3-9)22-12-13(19(20)21)18-6-7-24-14(18)16-12/h2-7H,1H3. The van der Waals surface area contributed by atoms with Gasteiger partial charge >= 0.3 is 11.7 Å². The van der Waals surface area contributed by atoms with Crippen LogP contribution < -0.4 is 4.74 Å². The Morgan fingerprint density at radius 1 is 1.29 bits per heavy atom. The molecule has 0 amide bonds. The van der Waals surface area contributed by atoms with E-state index < -0.39 is 4.92 Å². The van der Waals surface area contributed by atoms with Gasteiger partial charge in [0.15, 0.2) is 0 Å². The van der Waals surface area contributed by atoms with Crippen molar-refractivity contribution in [1.29, 1.82) is 0 Å². The van der Waals surface area contributed by atoms with E-state index in [1.165, 1.54) is 15.7 Å². The molecule has 4 aromatic rings. The molecule has 0 aliphatic heterocycles. The van der Waals surface area contributed by atoms with Crippen LogP contribution in [0.3, 0.4) is 0 Å². The number of hydrogen-bond donors (Lipinski definition) is 0. The van der Waals surface area contributed by atoms with Crippen LogP contribution in [0.15, 0.2) is 40.4 Å². The molecule has 24 heavy (non-hydrogen) atoms. The van der Waals surface area contributed by atoms with Crippen LogP contribution in [0.4, 0.5) is 5.82 Å². The lowest BCUT2D eigenvalue weighted by atomic mass is 10.2. The first-order chi connectivity index (χ1) is 11.6. The largest absolute Gasteiger partial charge is 0.433 e. The number of aromatic nitrogens is 4. The number of fused-ring (bicyclic) bond motifs is 1. The van der Waals surface area contributed by atoms with E-state index in [-0.39, 0.29) is 11.7 Å². The summed E-state index contributed by atoms with van der Waals surface area (Å²) in [6.45, 7) is 1.71. The zero-order valence-electron chi connectivity index (χ0n) is 12.2. The Balaban J connectivity index is 1.65. The summed E-state index contributed by atoms with van der Waals surface area (Å²) in [6, 6.07) is 6.81. The molecule has 0 unspecified atom stereocenters. The predicted molar refractivity (Wildman–Crippen MR) is 84.3 cm³/mol. The molecule has 120 valence electrons. The Kier molecular flexibility index (Phi) is 3.24. The molecule has 0 N–H and O–H groups in total. The summed E-state index contributed by atoms with van der Waals surface area (Å²) in [5, 5.41) is 16.8. The van der Waals surface area contributed by atoms with E-state index in [2.05, 4.69) is 15.1 Å². The third-order valence-electron chi connectivity index (χ3n) is 3.23. The zero-order chi connectivity index (χ0) is 16.7. The summed E-state index contributed by atoms with van der Waals surface area (Å²) in [6.07, 6.45) is 1.58. The number of rotatable bonds is 4. The quantitative estimate of drug-likeness (QED) is 0.412. The number of benzene rings is 1. The normalized spacial score (nSPS) is 11.0. The first-order valence-corrected chi connectivity index (χ1v) is 7.68. The van der Waals surface area contributed by atoms with Crippen molar-refractivity contribution in [2.45, 2.75) is 6.92 Å². The van der Waals surface area contributed by atoms with E-state index in [4.69, 9.17) is 9.26 Å². The Labute approximate surface area is 138 Å². The van der Waals surface area contributed by atoms with Gasteiger partial charge in [-0.1, -0.05) is 16.5 Å². The Morgan fingerprint density at radius 3 is 2.75 bits per heavy atom. The lowest BCUT2D eigenvalue weighted by Crippen LogP contribution is -1.95. The van der Waals surface area contributed by atoms with Crippen LogP contribution in [0.25, 0.3) is 16.3 Å². The minimum atomic E-state index is -0.515. The molecule has 0 radical (unpaired) electrons. The molecular formula is C14H9N5O4S. The number of aryl methyl sites for hydroxylation is 1. The van der Waals surface area contributed by atoms with Gasteiger partial charge in [-0.05, 0) is 29.2 Å². The van der Waals surface area contributed by atoms with Crippen LogP contribution in [-0.4, -0.2) is 24.4 Å². The first-order valence-electron chi connectivity index (χ1n) is 6.80. The Hall–Kier alpha value is -3.27. The molecular weight excluding hydrogens is 334 g/mol. The molecule has 0 spiro atoms. The number of imidazole rings is 1. The molecule has 4 rings (SSSR count). The van der Waals surface area contributed by atoms with Gasteiger partial charge in [0, 0.05) is 17.9 Å². The van der Waals surface area contributed by atoms with E-state index in [1.807, 2.05) is 0 Å². The first kappa shape index (κ1) is 14.3. The molecule has 0 saturated carbocycles. The van der Waals surface area contributed by atoms with Crippen molar-refractivity contribution < 1.29 is 14.2 Å². The van der Waals surface area contributed by atoms with Gasteiger partial charge in [-0.25, -0.2) is 0 Å². The molecule has 0 aliphatic carbocycles. The molecule has 0 saturated heterocycles. The highest BCUT2D eigenvalue weighted by Crippen LogP contribution is 2.33. The third-order valence-corrected chi connectivity index (χ3v) is 3.99. The second-order valence-electron chi connectivity index (χ2n) is 4.82. The van der Waals surface area contributed by atoms with Crippen LogP contribution in [0.5, 0.6) is 11.6 Å². The van der Waals surface area contributed by atoms with Gasteiger partial charge < -0.3 is 19.4 Å². The minimum absolute atomic E-state index is 0.0463. The highest BCUT2D eigenvalue weighted by atomic mass is 32.1. The topological polar surface area (TPSA) is 109 Å². The number of thiazole rings is 1. The smallest absolute Gasteiger partial charge is 0.393 e. The highest BCUT2D eigenvalue weighted by Gasteiger charge is 2.25. The van der Waals surface area contributed by atoms with Crippen molar-refractivity contribution in [1.82, 2.24) is 19.5 Å². The van der Waals surface area contributed by atoms with Gasteiger partial charge in [0.05, 0.1) is 0 Å². The fraction of sp³-hybridized carbons (Fsp3) is 0.0714. The number of nitrogens with zero attached hydrogens (tertiary/aromatic N) is 5. The van der Waals surface area contributed by atoms with Crippen LogP contribution in [0, 0.1) is 17.0 Å². The molecule has 0 aliphatic rings. The van der Waals surface area contributed by atoms with Gasteiger partial charge in [-0.15, -0.1) is 0 Å². The molecule has 3 heterocycles. The Bertz CT molecular complexity index is 1030. The Morgan fingerprint density at radius 2 is 2.08 bits per heavy atom. The van der Waals surface area contributed by atoms with Crippen molar-refractivity contribution in [2.75, 3.05) is 0 Å². The summed E-state index contributed by atoms with van der Waals surface area (Å²) in [5.74, 6) is 1.11. The van der Waals surface area contributed by atoms with Crippen molar-refractivity contribution >= 4 is 22.1 Å². The lowest BCUT2D eigenvalue weighted by molar-refractivity contribution is -0.391. The number of hydrogen-bond acceptors (Lipinski definition) is 8. The second kappa shape index (κ2) is 5.42. The predicted octanol–water partition coefficient (Wildman–Crippen LogP) is 3.45.